The summed E-state index contributed by atoms with van der Waals surface area (Å²) in [5, 5.41) is 2.55. The van der Waals surface area contributed by atoms with Crippen LogP contribution in [0.2, 0.25) is 0 Å². The zero-order chi connectivity index (χ0) is 12.4. The van der Waals surface area contributed by atoms with Crippen LogP contribution in [0.1, 0.15) is 11.3 Å². The van der Waals surface area contributed by atoms with Gasteiger partial charge in [0.2, 0.25) is 0 Å². The topological polar surface area (TPSA) is 25.8 Å². The molecule has 0 N–H and O–H groups in total. The molecule has 18 heavy (non-hydrogen) atoms. The Labute approximate surface area is 114 Å². The van der Waals surface area contributed by atoms with Gasteiger partial charge >= 0.3 is 0 Å². The molecular weight excluding hydrogens is 288 g/mol. The van der Waals surface area contributed by atoms with Crippen LogP contribution in [0.15, 0.2) is 59.5 Å². The van der Waals surface area contributed by atoms with Crippen molar-refractivity contribution >= 4 is 26.7 Å². The first-order chi connectivity index (χ1) is 8.84. The van der Waals surface area contributed by atoms with E-state index >= 15 is 0 Å². The number of benzene rings is 2. The number of halogens is 1. The van der Waals surface area contributed by atoms with Crippen molar-refractivity contribution in [2.45, 2.75) is 6.42 Å². The molecule has 3 rings (SSSR count). The van der Waals surface area contributed by atoms with Gasteiger partial charge in [-0.15, -0.1) is 0 Å². The lowest BCUT2D eigenvalue weighted by molar-refractivity contribution is 1.02. The monoisotopic (exact) mass is 298 g/mol. The summed E-state index contributed by atoms with van der Waals surface area (Å²) in [5.74, 6) is 0. The van der Waals surface area contributed by atoms with Gasteiger partial charge < -0.3 is 0 Å². The van der Waals surface area contributed by atoms with Gasteiger partial charge in [-0.1, -0.05) is 42.5 Å². The van der Waals surface area contributed by atoms with E-state index in [-0.39, 0.29) is 0 Å². The highest BCUT2D eigenvalue weighted by Crippen LogP contribution is 2.23. The predicted octanol–water partition coefficient (Wildman–Crippen LogP) is 3.98. The van der Waals surface area contributed by atoms with Crippen LogP contribution in [0.3, 0.4) is 0 Å². The van der Waals surface area contributed by atoms with Gasteiger partial charge in [0.1, 0.15) is 6.33 Å². The molecule has 0 unspecified atom stereocenters. The van der Waals surface area contributed by atoms with Crippen molar-refractivity contribution in [3.05, 3.63) is 70.7 Å². The Morgan fingerprint density at radius 2 is 1.83 bits per heavy atom. The first kappa shape index (κ1) is 11.4. The number of fused-ring (bicyclic) bond motifs is 1. The summed E-state index contributed by atoms with van der Waals surface area (Å²) in [4.78, 5) is 8.31. The molecule has 3 aromatic rings. The highest BCUT2D eigenvalue weighted by Gasteiger charge is 2.05. The van der Waals surface area contributed by atoms with Crippen molar-refractivity contribution < 1.29 is 0 Å². The fourth-order valence-electron chi connectivity index (χ4n) is 2.10. The molecule has 0 bridgehead atoms. The van der Waals surface area contributed by atoms with Crippen LogP contribution in [0.5, 0.6) is 0 Å². The van der Waals surface area contributed by atoms with E-state index in [1.54, 1.807) is 12.5 Å². The second kappa shape index (κ2) is 4.86. The zero-order valence-corrected chi connectivity index (χ0v) is 11.3. The van der Waals surface area contributed by atoms with Gasteiger partial charge in [-0.2, -0.15) is 0 Å². The molecule has 3 heteroatoms. The number of hydrogen-bond donors (Lipinski definition) is 0. The Bertz CT molecular complexity index is 689. The Balaban J connectivity index is 2.08. The van der Waals surface area contributed by atoms with E-state index < -0.39 is 0 Å². The molecule has 0 aliphatic rings. The van der Waals surface area contributed by atoms with Crippen LogP contribution in [0, 0.1) is 0 Å². The molecule has 0 saturated heterocycles. The van der Waals surface area contributed by atoms with Gasteiger partial charge in [-0.3, -0.25) is 0 Å². The van der Waals surface area contributed by atoms with Gasteiger partial charge in [0.15, 0.2) is 0 Å². The lowest BCUT2D eigenvalue weighted by Crippen LogP contribution is -1.95. The van der Waals surface area contributed by atoms with Gasteiger partial charge in [0.25, 0.3) is 0 Å². The molecule has 0 fully saturated rings. The summed E-state index contributed by atoms with van der Waals surface area (Å²) in [6.07, 6.45) is 4.18. The second-order valence-electron chi connectivity index (χ2n) is 4.13. The van der Waals surface area contributed by atoms with Crippen molar-refractivity contribution in [2.24, 2.45) is 0 Å². The van der Waals surface area contributed by atoms with Crippen molar-refractivity contribution in [3.63, 3.8) is 0 Å². The van der Waals surface area contributed by atoms with E-state index in [0.29, 0.717) is 0 Å². The van der Waals surface area contributed by atoms with Crippen LogP contribution in [-0.4, -0.2) is 9.97 Å². The normalized spacial score (nSPS) is 10.7. The molecule has 0 radical (unpaired) electrons. The standard InChI is InChI=1S/C15H11BrN2/c16-14-9-17-10-18-15(14)8-12-6-3-5-11-4-1-2-7-13(11)12/h1-7,9-10H,8H2. The number of rotatable bonds is 2. The number of hydrogen-bond acceptors (Lipinski definition) is 2. The molecular formula is C15H11BrN2. The lowest BCUT2D eigenvalue weighted by Gasteiger charge is -2.07. The smallest absolute Gasteiger partial charge is 0.115 e. The highest BCUT2D eigenvalue weighted by atomic mass is 79.9. The number of aromatic nitrogens is 2. The minimum absolute atomic E-state index is 0.810. The average molecular weight is 299 g/mol. The van der Waals surface area contributed by atoms with Crippen molar-refractivity contribution in [1.82, 2.24) is 9.97 Å². The maximum atomic E-state index is 4.32. The van der Waals surface area contributed by atoms with Crippen molar-refractivity contribution in [3.8, 4) is 0 Å². The van der Waals surface area contributed by atoms with Gasteiger partial charge in [-0.05, 0) is 32.3 Å². The van der Waals surface area contributed by atoms with Gasteiger partial charge in [0, 0.05) is 12.6 Å². The molecule has 1 heterocycles. The van der Waals surface area contributed by atoms with E-state index in [0.717, 1.165) is 16.6 Å². The van der Waals surface area contributed by atoms with E-state index in [1.807, 2.05) is 0 Å². The van der Waals surface area contributed by atoms with Gasteiger partial charge in [-0.25, -0.2) is 9.97 Å². The van der Waals surface area contributed by atoms with Crippen LogP contribution < -0.4 is 0 Å². The quantitative estimate of drug-likeness (QED) is 0.715. The maximum absolute atomic E-state index is 4.32. The molecule has 0 atom stereocenters. The third kappa shape index (κ3) is 2.14. The lowest BCUT2D eigenvalue weighted by atomic mass is 10.0. The molecule has 1 aromatic heterocycles. The minimum atomic E-state index is 0.810. The molecule has 0 aliphatic carbocycles. The molecule has 2 nitrogen and oxygen atoms in total. The minimum Gasteiger partial charge on any atom is -0.244 e. The summed E-state index contributed by atoms with van der Waals surface area (Å²) in [7, 11) is 0. The SMILES string of the molecule is Brc1cncnc1Cc1cccc2ccccc12. The fourth-order valence-corrected chi connectivity index (χ4v) is 2.46. The average Bonchev–Trinajstić information content (AvgIpc) is 2.42. The van der Waals surface area contributed by atoms with Crippen LogP contribution in [0.25, 0.3) is 10.8 Å². The molecule has 0 spiro atoms. The van der Waals surface area contributed by atoms with E-state index in [9.17, 15) is 0 Å². The third-order valence-corrected chi connectivity index (χ3v) is 3.64. The summed E-state index contributed by atoms with van der Waals surface area (Å²) < 4.78 is 0.956. The fraction of sp³-hybridized carbons (Fsp3) is 0.0667. The van der Waals surface area contributed by atoms with E-state index in [2.05, 4.69) is 68.4 Å². The largest absolute Gasteiger partial charge is 0.244 e. The third-order valence-electron chi connectivity index (χ3n) is 2.98. The number of nitrogens with zero attached hydrogens (tertiary/aromatic N) is 2. The molecule has 2 aromatic carbocycles. The molecule has 88 valence electrons. The van der Waals surface area contributed by atoms with Crippen molar-refractivity contribution in [2.75, 3.05) is 0 Å². The first-order valence-corrected chi connectivity index (χ1v) is 6.55. The molecule has 0 saturated carbocycles. The highest BCUT2D eigenvalue weighted by molar-refractivity contribution is 9.10. The maximum Gasteiger partial charge on any atom is 0.115 e. The van der Waals surface area contributed by atoms with E-state index in [1.165, 1.54) is 16.3 Å². The Hall–Kier alpha value is -1.74. The molecule has 0 aliphatic heterocycles. The summed E-state index contributed by atoms with van der Waals surface area (Å²) in [6.45, 7) is 0. The second-order valence-corrected chi connectivity index (χ2v) is 4.99. The Kier molecular flexibility index (Phi) is 3.07. The predicted molar refractivity (Wildman–Crippen MR) is 76.5 cm³/mol. The zero-order valence-electron chi connectivity index (χ0n) is 9.68. The molecule has 0 amide bonds. The summed E-state index contributed by atoms with van der Waals surface area (Å²) in [6, 6.07) is 14.8. The first-order valence-electron chi connectivity index (χ1n) is 5.75. The van der Waals surface area contributed by atoms with Crippen molar-refractivity contribution in [1.29, 1.82) is 0 Å². The Morgan fingerprint density at radius 3 is 2.72 bits per heavy atom. The van der Waals surface area contributed by atoms with Crippen LogP contribution in [-0.2, 0) is 6.42 Å². The van der Waals surface area contributed by atoms with Crippen LogP contribution >= 0.6 is 15.9 Å². The van der Waals surface area contributed by atoms with E-state index in [4.69, 9.17) is 0 Å². The van der Waals surface area contributed by atoms with Gasteiger partial charge in [0.05, 0.1) is 10.2 Å². The van der Waals surface area contributed by atoms with Crippen LogP contribution in [0.4, 0.5) is 0 Å². The summed E-state index contributed by atoms with van der Waals surface area (Å²) >= 11 is 3.49. The summed E-state index contributed by atoms with van der Waals surface area (Å²) in [5.41, 5.74) is 2.30. The Morgan fingerprint density at radius 1 is 1.00 bits per heavy atom.